The van der Waals surface area contributed by atoms with Crippen LogP contribution >= 0.6 is 11.3 Å². The molecule has 2 rings (SSSR count). The van der Waals surface area contributed by atoms with Gasteiger partial charge in [0.25, 0.3) is 5.91 Å². The third-order valence-corrected chi connectivity index (χ3v) is 3.71. The topological polar surface area (TPSA) is 61.4 Å². The summed E-state index contributed by atoms with van der Waals surface area (Å²) in [7, 11) is 0. The maximum absolute atomic E-state index is 11.9. The summed E-state index contributed by atoms with van der Waals surface area (Å²) >= 11 is 1.37. The Hall–Kier alpha value is -1.40. The van der Waals surface area contributed by atoms with E-state index in [-0.39, 0.29) is 18.4 Å². The zero-order valence-corrected chi connectivity index (χ0v) is 11.0. The number of hydrogen-bond acceptors (Lipinski definition) is 4. The van der Waals surface area contributed by atoms with Crippen LogP contribution < -0.4 is 10.6 Å². The molecule has 1 aromatic rings. The van der Waals surface area contributed by atoms with Crippen molar-refractivity contribution in [2.45, 2.75) is 6.42 Å². The van der Waals surface area contributed by atoms with E-state index in [1.54, 1.807) is 11.0 Å². The van der Waals surface area contributed by atoms with E-state index in [4.69, 9.17) is 0 Å². The van der Waals surface area contributed by atoms with E-state index >= 15 is 0 Å². The fraction of sp³-hybridized carbons (Fsp3) is 0.500. The summed E-state index contributed by atoms with van der Waals surface area (Å²) in [6.45, 7) is 3.33. The molecule has 0 radical (unpaired) electrons. The third kappa shape index (κ3) is 3.54. The number of amides is 2. The number of carbonyl (C=O) groups excluding carboxylic acids is 2. The van der Waals surface area contributed by atoms with E-state index in [1.807, 2.05) is 11.4 Å². The maximum atomic E-state index is 11.9. The van der Waals surface area contributed by atoms with Crippen LogP contribution in [0.1, 0.15) is 16.1 Å². The Morgan fingerprint density at radius 3 is 3.06 bits per heavy atom. The summed E-state index contributed by atoms with van der Waals surface area (Å²) < 4.78 is 0. The minimum Gasteiger partial charge on any atom is -0.342 e. The maximum Gasteiger partial charge on any atom is 0.261 e. The van der Waals surface area contributed by atoms with Crippen LogP contribution in [0.5, 0.6) is 0 Å². The molecule has 1 aliphatic rings. The fourth-order valence-electron chi connectivity index (χ4n) is 1.86. The Morgan fingerprint density at radius 2 is 2.28 bits per heavy atom. The second kappa shape index (κ2) is 6.51. The van der Waals surface area contributed by atoms with Crippen LogP contribution in [0.15, 0.2) is 17.5 Å². The summed E-state index contributed by atoms with van der Waals surface area (Å²) in [5.74, 6) is -0.185. The predicted molar refractivity (Wildman–Crippen MR) is 70.7 cm³/mol. The van der Waals surface area contributed by atoms with Crippen LogP contribution in [0.2, 0.25) is 0 Å². The molecule has 0 aromatic carbocycles. The highest BCUT2D eigenvalue weighted by Crippen LogP contribution is 2.07. The van der Waals surface area contributed by atoms with Gasteiger partial charge >= 0.3 is 0 Å². The largest absolute Gasteiger partial charge is 0.342 e. The molecule has 0 atom stereocenters. The number of nitrogens with one attached hydrogen (secondary N) is 2. The van der Waals surface area contributed by atoms with Gasteiger partial charge in [-0.3, -0.25) is 9.59 Å². The highest BCUT2D eigenvalue weighted by molar-refractivity contribution is 7.12. The Balaban J connectivity index is 1.78. The van der Waals surface area contributed by atoms with Gasteiger partial charge in [0.2, 0.25) is 5.91 Å². The first kappa shape index (κ1) is 13.0. The fourth-order valence-corrected chi connectivity index (χ4v) is 2.50. The highest BCUT2D eigenvalue weighted by atomic mass is 32.1. The molecule has 0 aliphatic carbocycles. The molecule has 1 aliphatic heterocycles. The molecular weight excluding hydrogens is 250 g/mol. The molecule has 18 heavy (non-hydrogen) atoms. The summed E-state index contributed by atoms with van der Waals surface area (Å²) in [5.41, 5.74) is 0. The molecule has 1 fully saturated rings. The molecule has 1 aromatic heterocycles. The molecule has 2 N–H and O–H groups in total. The second-order valence-electron chi connectivity index (χ2n) is 4.14. The van der Waals surface area contributed by atoms with Crippen LogP contribution in [-0.2, 0) is 4.79 Å². The van der Waals surface area contributed by atoms with E-state index in [0.29, 0.717) is 11.4 Å². The SMILES string of the molecule is O=C(NCC(=O)N1CCCNCC1)c1cccs1. The van der Waals surface area contributed by atoms with Gasteiger partial charge in [0, 0.05) is 19.6 Å². The van der Waals surface area contributed by atoms with Crippen molar-refractivity contribution in [2.24, 2.45) is 0 Å². The zero-order chi connectivity index (χ0) is 12.8. The average molecular weight is 267 g/mol. The summed E-state index contributed by atoms with van der Waals surface area (Å²) in [5, 5.41) is 7.75. The van der Waals surface area contributed by atoms with Crippen LogP contribution in [-0.4, -0.2) is 49.4 Å². The monoisotopic (exact) mass is 267 g/mol. The Kier molecular flexibility index (Phi) is 4.72. The van der Waals surface area contributed by atoms with E-state index in [1.165, 1.54) is 11.3 Å². The van der Waals surface area contributed by atoms with Crippen molar-refractivity contribution in [2.75, 3.05) is 32.7 Å². The summed E-state index contributed by atoms with van der Waals surface area (Å²) in [4.78, 5) is 26.0. The van der Waals surface area contributed by atoms with Crippen molar-refractivity contribution in [3.8, 4) is 0 Å². The van der Waals surface area contributed by atoms with Gasteiger partial charge in [-0.2, -0.15) is 0 Å². The first-order chi connectivity index (χ1) is 8.77. The van der Waals surface area contributed by atoms with Gasteiger partial charge < -0.3 is 15.5 Å². The average Bonchev–Trinajstić information content (AvgIpc) is 2.78. The van der Waals surface area contributed by atoms with E-state index in [2.05, 4.69) is 10.6 Å². The molecule has 0 bridgehead atoms. The molecule has 2 heterocycles. The second-order valence-corrected chi connectivity index (χ2v) is 5.09. The molecule has 1 saturated heterocycles. The van der Waals surface area contributed by atoms with Gasteiger partial charge in [-0.25, -0.2) is 0 Å². The molecular formula is C12H17N3O2S. The third-order valence-electron chi connectivity index (χ3n) is 2.84. The van der Waals surface area contributed by atoms with Crippen molar-refractivity contribution in [3.63, 3.8) is 0 Å². The number of thiophene rings is 1. The van der Waals surface area contributed by atoms with Crippen molar-refractivity contribution >= 4 is 23.2 Å². The number of nitrogens with zero attached hydrogens (tertiary/aromatic N) is 1. The number of carbonyl (C=O) groups is 2. The van der Waals surface area contributed by atoms with Gasteiger partial charge in [-0.05, 0) is 24.4 Å². The lowest BCUT2D eigenvalue weighted by molar-refractivity contribution is -0.129. The van der Waals surface area contributed by atoms with Crippen LogP contribution in [0.25, 0.3) is 0 Å². The van der Waals surface area contributed by atoms with Crippen molar-refractivity contribution < 1.29 is 9.59 Å². The Morgan fingerprint density at radius 1 is 1.39 bits per heavy atom. The molecule has 5 nitrogen and oxygen atoms in total. The predicted octanol–water partition coefficient (Wildman–Crippen LogP) is 0.300. The first-order valence-electron chi connectivity index (χ1n) is 6.07. The minimum atomic E-state index is -0.175. The summed E-state index contributed by atoms with van der Waals surface area (Å²) in [6, 6.07) is 3.57. The molecule has 2 amide bonds. The standard InChI is InChI=1S/C12H17N3O2S/c16-11(15-6-2-4-13-5-7-15)9-14-12(17)10-3-1-8-18-10/h1,3,8,13H,2,4-7,9H2,(H,14,17). The number of rotatable bonds is 3. The Labute approximate surface area is 110 Å². The van der Waals surface area contributed by atoms with E-state index in [9.17, 15) is 9.59 Å². The Bertz CT molecular complexity index is 397. The lowest BCUT2D eigenvalue weighted by Gasteiger charge is -2.19. The zero-order valence-electron chi connectivity index (χ0n) is 10.1. The molecule has 6 heteroatoms. The van der Waals surface area contributed by atoms with Crippen LogP contribution in [0.3, 0.4) is 0 Å². The molecule has 0 unspecified atom stereocenters. The lowest BCUT2D eigenvalue weighted by Crippen LogP contribution is -2.41. The van der Waals surface area contributed by atoms with Crippen LogP contribution in [0.4, 0.5) is 0 Å². The first-order valence-corrected chi connectivity index (χ1v) is 6.95. The highest BCUT2D eigenvalue weighted by Gasteiger charge is 2.16. The van der Waals surface area contributed by atoms with Crippen molar-refractivity contribution in [3.05, 3.63) is 22.4 Å². The summed E-state index contributed by atoms with van der Waals surface area (Å²) in [6.07, 6.45) is 0.963. The van der Waals surface area contributed by atoms with Gasteiger partial charge in [0.05, 0.1) is 11.4 Å². The quantitative estimate of drug-likeness (QED) is 0.828. The van der Waals surface area contributed by atoms with Gasteiger partial charge in [0.1, 0.15) is 0 Å². The minimum absolute atomic E-state index is 0.0105. The van der Waals surface area contributed by atoms with Crippen molar-refractivity contribution in [1.29, 1.82) is 0 Å². The number of hydrogen-bond donors (Lipinski definition) is 2. The van der Waals surface area contributed by atoms with Gasteiger partial charge in [-0.1, -0.05) is 6.07 Å². The van der Waals surface area contributed by atoms with E-state index in [0.717, 1.165) is 26.1 Å². The molecule has 0 saturated carbocycles. The smallest absolute Gasteiger partial charge is 0.261 e. The van der Waals surface area contributed by atoms with E-state index < -0.39 is 0 Å². The normalized spacial score (nSPS) is 16.1. The van der Waals surface area contributed by atoms with Crippen molar-refractivity contribution in [1.82, 2.24) is 15.5 Å². The molecule has 0 spiro atoms. The van der Waals surface area contributed by atoms with Gasteiger partial charge in [0.15, 0.2) is 0 Å². The van der Waals surface area contributed by atoms with Gasteiger partial charge in [-0.15, -0.1) is 11.3 Å². The lowest BCUT2D eigenvalue weighted by atomic mass is 10.3. The van der Waals surface area contributed by atoms with Crippen LogP contribution in [0, 0.1) is 0 Å². The molecule has 98 valence electrons.